The van der Waals surface area contributed by atoms with Crippen molar-refractivity contribution in [2.45, 2.75) is 128 Å². The van der Waals surface area contributed by atoms with Gasteiger partial charge in [-0.2, -0.15) is 0 Å². The summed E-state index contributed by atoms with van der Waals surface area (Å²) in [6.07, 6.45) is 14.3. The van der Waals surface area contributed by atoms with Crippen molar-refractivity contribution in [3.8, 4) is 11.5 Å². The smallest absolute Gasteiger partial charge is 0.308 e. The second kappa shape index (κ2) is 11.7. The van der Waals surface area contributed by atoms with E-state index in [1.54, 1.807) is 6.92 Å². The van der Waals surface area contributed by atoms with Gasteiger partial charge in [0.15, 0.2) is 11.5 Å². The SMILES string of the molecule is CCN(C(=O)CCCCC1CCCCC1)[C@@H]1CC[C@H]2[C@H]3Cc4ccc(OC(C)=O)c5c4[C@@]2(CCN3CC(C)=O)[C@H]1O5. The van der Waals surface area contributed by atoms with Gasteiger partial charge in [0.1, 0.15) is 11.9 Å². The van der Waals surface area contributed by atoms with Gasteiger partial charge >= 0.3 is 5.97 Å². The third-order valence-corrected chi connectivity index (χ3v) is 11.1. The number of unbranched alkanes of at least 4 members (excludes halogenated alkanes) is 1. The highest BCUT2D eigenvalue weighted by Crippen LogP contribution is 2.64. The van der Waals surface area contributed by atoms with E-state index in [0.29, 0.717) is 36.9 Å². The number of carbonyl (C=O) groups excluding carboxylic acids is 3. The Kier molecular flexibility index (Phi) is 8.19. The maximum Gasteiger partial charge on any atom is 0.308 e. The highest BCUT2D eigenvalue weighted by molar-refractivity contribution is 5.78. The zero-order chi connectivity index (χ0) is 28.7. The number of hydrogen-bond donors (Lipinski definition) is 0. The van der Waals surface area contributed by atoms with Crippen molar-refractivity contribution in [2.24, 2.45) is 11.8 Å². The molecule has 1 aromatic rings. The average Bonchev–Trinajstić information content (AvgIpc) is 3.30. The Bertz CT molecular complexity index is 1180. The maximum atomic E-state index is 13.8. The van der Waals surface area contributed by atoms with E-state index in [0.717, 1.165) is 51.0 Å². The molecule has 0 aromatic heterocycles. The van der Waals surface area contributed by atoms with E-state index in [4.69, 9.17) is 9.47 Å². The number of amides is 1. The van der Waals surface area contributed by atoms with E-state index < -0.39 is 0 Å². The predicted octanol–water partition coefficient (Wildman–Crippen LogP) is 5.60. The molecule has 3 aliphatic carbocycles. The van der Waals surface area contributed by atoms with Crippen molar-refractivity contribution in [2.75, 3.05) is 19.6 Å². The van der Waals surface area contributed by atoms with Gasteiger partial charge in [0, 0.05) is 36.9 Å². The van der Waals surface area contributed by atoms with Crippen LogP contribution >= 0.6 is 0 Å². The molecule has 0 radical (unpaired) electrons. The summed E-state index contributed by atoms with van der Waals surface area (Å²) in [5, 5.41) is 0. The number of nitrogens with zero attached hydrogens (tertiary/aromatic N) is 2. The molecule has 1 spiro atoms. The summed E-state index contributed by atoms with van der Waals surface area (Å²) >= 11 is 0. The minimum atomic E-state index is -0.353. The number of piperidine rings is 1. The molecule has 2 saturated carbocycles. The number of ether oxygens (including phenoxy) is 2. The average molecular weight is 565 g/mol. The topological polar surface area (TPSA) is 76.2 Å². The summed E-state index contributed by atoms with van der Waals surface area (Å²) in [5.41, 5.74) is 2.23. The molecule has 5 atom stereocenters. The first-order chi connectivity index (χ1) is 19.8. The van der Waals surface area contributed by atoms with Crippen LogP contribution in [0.25, 0.3) is 0 Å². The van der Waals surface area contributed by atoms with Crippen LogP contribution in [0, 0.1) is 11.8 Å². The molecule has 1 saturated heterocycles. The summed E-state index contributed by atoms with van der Waals surface area (Å²) in [6, 6.07) is 4.25. The summed E-state index contributed by atoms with van der Waals surface area (Å²) in [6.45, 7) is 7.21. The molecule has 3 fully saturated rings. The van der Waals surface area contributed by atoms with E-state index in [1.165, 1.54) is 56.6 Å². The Morgan fingerprint density at radius 3 is 2.61 bits per heavy atom. The molecule has 7 nitrogen and oxygen atoms in total. The maximum absolute atomic E-state index is 13.8. The lowest BCUT2D eigenvalue weighted by molar-refractivity contribution is -0.143. The predicted molar refractivity (Wildman–Crippen MR) is 157 cm³/mol. The number of Topliss-reactive ketones (excluding diaryl/α,β-unsaturated/α-hetero) is 1. The van der Waals surface area contributed by atoms with Crippen molar-refractivity contribution in [1.82, 2.24) is 9.80 Å². The lowest BCUT2D eigenvalue weighted by Crippen LogP contribution is -2.69. The molecule has 0 unspecified atom stereocenters. The standard InChI is InChI=1S/C34H48N2O5/c1-4-36(30(39)13-9-8-12-24-10-6-5-7-11-24)27-16-15-26-28-20-25-14-17-29(40-23(3)38)32-31(25)34(26,33(27)41-32)18-19-35(28)21-22(2)37/h14,17,24,26-28,33H,4-13,15-16,18-21H2,1-3H3/t26-,27+,28+,33-,34-/m0/s1. The van der Waals surface area contributed by atoms with Crippen LogP contribution in [0.15, 0.2) is 12.1 Å². The van der Waals surface area contributed by atoms with E-state index >= 15 is 0 Å². The number of ketones is 1. The van der Waals surface area contributed by atoms with Gasteiger partial charge in [-0.05, 0) is 76.0 Å². The fraction of sp³-hybridized carbons (Fsp3) is 0.735. The fourth-order valence-corrected chi connectivity index (χ4v) is 9.55. The van der Waals surface area contributed by atoms with Crippen LogP contribution in [-0.2, 0) is 26.2 Å². The molecule has 224 valence electrons. The Morgan fingerprint density at radius 2 is 1.88 bits per heavy atom. The van der Waals surface area contributed by atoms with Crippen molar-refractivity contribution in [3.63, 3.8) is 0 Å². The van der Waals surface area contributed by atoms with E-state index in [2.05, 4.69) is 22.8 Å². The van der Waals surface area contributed by atoms with Crippen molar-refractivity contribution in [1.29, 1.82) is 0 Å². The van der Waals surface area contributed by atoms with Crippen LogP contribution in [0.4, 0.5) is 0 Å². The van der Waals surface area contributed by atoms with E-state index in [9.17, 15) is 14.4 Å². The first-order valence-corrected chi connectivity index (χ1v) is 16.4. The first kappa shape index (κ1) is 28.7. The Labute approximate surface area is 245 Å². The monoisotopic (exact) mass is 564 g/mol. The highest BCUT2D eigenvalue weighted by atomic mass is 16.6. The summed E-state index contributed by atoms with van der Waals surface area (Å²) in [7, 11) is 0. The van der Waals surface area contributed by atoms with E-state index in [1.807, 2.05) is 6.07 Å². The number of hydrogen-bond acceptors (Lipinski definition) is 6. The largest absolute Gasteiger partial charge is 0.483 e. The van der Waals surface area contributed by atoms with Gasteiger partial charge in [-0.15, -0.1) is 0 Å². The molecule has 0 N–H and O–H groups in total. The van der Waals surface area contributed by atoms with Gasteiger partial charge in [-0.1, -0.05) is 51.0 Å². The molecule has 6 rings (SSSR count). The molecule has 1 aromatic carbocycles. The summed E-state index contributed by atoms with van der Waals surface area (Å²) < 4.78 is 12.6. The summed E-state index contributed by atoms with van der Waals surface area (Å²) in [4.78, 5) is 42.5. The number of benzene rings is 1. The van der Waals surface area contributed by atoms with Gasteiger partial charge in [-0.3, -0.25) is 19.3 Å². The van der Waals surface area contributed by atoms with Crippen molar-refractivity contribution in [3.05, 3.63) is 23.3 Å². The Morgan fingerprint density at radius 1 is 1.07 bits per heavy atom. The van der Waals surface area contributed by atoms with Gasteiger partial charge in [0.05, 0.1) is 12.6 Å². The molecular weight excluding hydrogens is 516 g/mol. The van der Waals surface area contributed by atoms with Crippen LogP contribution < -0.4 is 9.47 Å². The molecule has 1 amide bonds. The highest BCUT2D eigenvalue weighted by Gasteiger charge is 2.66. The second-order valence-electron chi connectivity index (χ2n) is 13.5. The van der Waals surface area contributed by atoms with Crippen molar-refractivity contribution >= 4 is 17.7 Å². The van der Waals surface area contributed by atoms with Crippen LogP contribution in [0.5, 0.6) is 11.5 Å². The fourth-order valence-electron chi connectivity index (χ4n) is 9.55. The normalized spacial score (nSPS) is 30.3. The molecule has 5 aliphatic rings. The van der Waals surface area contributed by atoms with E-state index in [-0.39, 0.29) is 41.3 Å². The number of carbonyl (C=O) groups is 3. The van der Waals surface area contributed by atoms with Gasteiger partial charge in [0.2, 0.25) is 5.91 Å². The zero-order valence-electron chi connectivity index (χ0n) is 25.3. The molecule has 2 aliphatic heterocycles. The lowest BCUT2D eigenvalue weighted by Gasteiger charge is -2.60. The number of rotatable bonds is 10. The zero-order valence-corrected chi connectivity index (χ0v) is 25.3. The lowest BCUT2D eigenvalue weighted by atomic mass is 9.51. The number of likely N-dealkylation sites (tertiary alicyclic amines) is 1. The van der Waals surface area contributed by atoms with Crippen LogP contribution in [-0.4, -0.2) is 65.3 Å². The van der Waals surface area contributed by atoms with Crippen LogP contribution in [0.1, 0.15) is 109 Å². The second-order valence-corrected chi connectivity index (χ2v) is 13.5. The minimum Gasteiger partial charge on any atom is -0.483 e. The number of likely N-dealkylation sites (N-methyl/N-ethyl adjacent to an activating group) is 1. The Hall–Kier alpha value is -2.41. The van der Waals surface area contributed by atoms with Crippen molar-refractivity contribution < 1.29 is 23.9 Å². The molecule has 41 heavy (non-hydrogen) atoms. The van der Waals surface area contributed by atoms with Crippen LogP contribution in [0.2, 0.25) is 0 Å². The van der Waals surface area contributed by atoms with Gasteiger partial charge in [-0.25, -0.2) is 0 Å². The van der Waals surface area contributed by atoms with Crippen LogP contribution in [0.3, 0.4) is 0 Å². The molecule has 2 heterocycles. The quantitative estimate of drug-likeness (QED) is 0.209. The third-order valence-electron chi connectivity index (χ3n) is 11.1. The number of esters is 1. The first-order valence-electron chi connectivity index (χ1n) is 16.4. The van der Waals surface area contributed by atoms with Gasteiger partial charge < -0.3 is 14.4 Å². The molecule has 7 heteroatoms. The Balaban J connectivity index is 1.26. The third kappa shape index (κ3) is 5.10. The molecule has 2 bridgehead atoms. The molecular formula is C34H48N2O5. The summed E-state index contributed by atoms with van der Waals surface area (Å²) in [5.74, 6) is 2.52. The minimum absolute atomic E-state index is 0.00868. The van der Waals surface area contributed by atoms with Gasteiger partial charge in [0.25, 0.3) is 0 Å².